The van der Waals surface area contributed by atoms with Gasteiger partial charge in [0.15, 0.2) is 0 Å². The molecule has 2 heterocycles. The molecule has 2 aromatic carbocycles. The number of carbonyl (C=O) groups is 1. The van der Waals surface area contributed by atoms with E-state index in [0.29, 0.717) is 11.3 Å². The van der Waals surface area contributed by atoms with Crippen molar-refractivity contribution in [3.63, 3.8) is 0 Å². The summed E-state index contributed by atoms with van der Waals surface area (Å²) in [5.41, 5.74) is 3.37. The number of hydrogen-bond acceptors (Lipinski definition) is 2. The molecule has 0 bridgehead atoms. The number of methoxy groups -OCH3 is 1. The molecule has 1 atom stereocenters. The molecular formula is C23H21F3N2O2. The predicted octanol–water partition coefficient (Wildman–Crippen LogP) is 5.27. The summed E-state index contributed by atoms with van der Waals surface area (Å²) in [6.07, 6.45) is -4.39. The summed E-state index contributed by atoms with van der Waals surface area (Å²) in [5.74, 6) is 0.519. The lowest BCUT2D eigenvalue weighted by molar-refractivity contribution is -0.137. The van der Waals surface area contributed by atoms with Gasteiger partial charge < -0.3 is 14.2 Å². The smallest absolute Gasteiger partial charge is 0.416 e. The molecule has 30 heavy (non-hydrogen) atoms. The van der Waals surface area contributed by atoms with Crippen molar-refractivity contribution in [3.05, 3.63) is 82.7 Å². The third-order valence-corrected chi connectivity index (χ3v) is 5.53. The maximum atomic E-state index is 13.5. The van der Waals surface area contributed by atoms with Crippen LogP contribution in [-0.2, 0) is 17.5 Å². The number of alkyl halides is 3. The minimum Gasteiger partial charge on any atom is -0.497 e. The molecule has 1 aromatic heterocycles. The lowest BCUT2D eigenvalue weighted by atomic mass is 10.1. The average Bonchev–Trinajstić information content (AvgIpc) is 3.17. The highest BCUT2D eigenvalue weighted by atomic mass is 19.4. The highest BCUT2D eigenvalue weighted by Gasteiger charge is 2.39. The van der Waals surface area contributed by atoms with Crippen molar-refractivity contribution in [1.29, 1.82) is 0 Å². The molecule has 0 saturated heterocycles. The largest absolute Gasteiger partial charge is 0.497 e. The van der Waals surface area contributed by atoms with Crippen LogP contribution in [0.25, 0.3) is 0 Å². The summed E-state index contributed by atoms with van der Waals surface area (Å²) < 4.78 is 45.9. The number of ether oxygens (including phenoxy) is 1. The number of carbonyl (C=O) groups excluding carboxylic acids is 1. The number of nitrogens with zero attached hydrogens (tertiary/aromatic N) is 2. The number of amides is 1. The maximum Gasteiger partial charge on any atom is 0.416 e. The molecular weight excluding hydrogens is 393 g/mol. The second-order valence-corrected chi connectivity index (χ2v) is 7.43. The van der Waals surface area contributed by atoms with Crippen LogP contribution in [0.4, 0.5) is 18.9 Å². The molecule has 1 amide bonds. The number of fused-ring (bicyclic) bond motifs is 1. The molecule has 0 aliphatic carbocycles. The van der Waals surface area contributed by atoms with Crippen molar-refractivity contribution in [2.75, 3.05) is 12.0 Å². The van der Waals surface area contributed by atoms with Crippen LogP contribution in [0.15, 0.2) is 54.6 Å². The monoisotopic (exact) mass is 414 g/mol. The van der Waals surface area contributed by atoms with Gasteiger partial charge in [0.25, 0.3) is 5.91 Å². The summed E-state index contributed by atoms with van der Waals surface area (Å²) in [6.45, 7) is 4.07. The average molecular weight is 414 g/mol. The maximum absolute atomic E-state index is 13.5. The van der Waals surface area contributed by atoms with Crippen molar-refractivity contribution < 1.29 is 22.7 Å². The molecule has 0 fully saturated rings. The van der Waals surface area contributed by atoms with Gasteiger partial charge in [-0.2, -0.15) is 13.2 Å². The molecule has 0 N–H and O–H groups in total. The Morgan fingerprint density at radius 2 is 1.60 bits per heavy atom. The fourth-order valence-electron chi connectivity index (χ4n) is 4.01. The first-order valence-electron chi connectivity index (χ1n) is 9.50. The van der Waals surface area contributed by atoms with E-state index in [1.165, 1.54) is 12.1 Å². The van der Waals surface area contributed by atoms with E-state index < -0.39 is 17.8 Å². The molecule has 0 saturated carbocycles. The van der Waals surface area contributed by atoms with Gasteiger partial charge in [0.05, 0.1) is 24.9 Å². The van der Waals surface area contributed by atoms with Gasteiger partial charge in [0.2, 0.25) is 0 Å². The summed E-state index contributed by atoms with van der Waals surface area (Å²) in [5, 5.41) is 0. The van der Waals surface area contributed by atoms with E-state index in [-0.39, 0.29) is 12.5 Å². The fraction of sp³-hybridized carbons (Fsp3) is 0.261. The molecule has 7 heteroatoms. The van der Waals surface area contributed by atoms with Crippen molar-refractivity contribution >= 4 is 11.6 Å². The Kier molecular flexibility index (Phi) is 4.84. The molecule has 4 rings (SSSR count). The number of benzene rings is 2. The first-order valence-corrected chi connectivity index (χ1v) is 9.50. The summed E-state index contributed by atoms with van der Waals surface area (Å²) in [6, 6.07) is 13.8. The highest BCUT2D eigenvalue weighted by Crippen LogP contribution is 2.42. The first-order chi connectivity index (χ1) is 14.2. The van der Waals surface area contributed by atoms with Crippen LogP contribution in [0.1, 0.15) is 34.1 Å². The van der Waals surface area contributed by atoms with Crippen molar-refractivity contribution in [2.24, 2.45) is 0 Å². The summed E-state index contributed by atoms with van der Waals surface area (Å²) in [7, 11) is 1.57. The van der Waals surface area contributed by atoms with Crippen LogP contribution in [0.5, 0.6) is 5.75 Å². The van der Waals surface area contributed by atoms with Crippen molar-refractivity contribution in [3.8, 4) is 5.75 Å². The van der Waals surface area contributed by atoms with E-state index >= 15 is 0 Å². The quantitative estimate of drug-likeness (QED) is 0.583. The second kappa shape index (κ2) is 7.23. The number of rotatable bonds is 4. The van der Waals surface area contributed by atoms with Crippen LogP contribution < -0.4 is 9.64 Å². The topological polar surface area (TPSA) is 34.5 Å². The number of aryl methyl sites for hydroxylation is 2. The lowest BCUT2D eigenvalue weighted by Gasteiger charge is -2.20. The zero-order valence-corrected chi connectivity index (χ0v) is 16.8. The molecule has 156 valence electrons. The summed E-state index contributed by atoms with van der Waals surface area (Å²) >= 11 is 0. The van der Waals surface area contributed by atoms with Crippen LogP contribution in [0.3, 0.4) is 0 Å². The van der Waals surface area contributed by atoms with E-state index in [0.717, 1.165) is 34.8 Å². The SMILES string of the molecule is COc1ccc2c(c1)C(n1c(C)ccc1C)C(=O)N2Cc1ccc(C(F)(F)F)cc1. The molecule has 1 aliphatic heterocycles. The molecule has 3 aromatic rings. The zero-order chi connectivity index (χ0) is 21.6. The first kappa shape index (κ1) is 20.1. The molecule has 0 radical (unpaired) electrons. The third-order valence-electron chi connectivity index (χ3n) is 5.53. The van der Waals surface area contributed by atoms with E-state index in [2.05, 4.69) is 0 Å². The van der Waals surface area contributed by atoms with Crippen LogP contribution in [0, 0.1) is 13.8 Å². The van der Waals surface area contributed by atoms with E-state index in [1.807, 2.05) is 42.7 Å². The Morgan fingerprint density at radius 1 is 0.967 bits per heavy atom. The number of hydrogen-bond donors (Lipinski definition) is 0. The lowest BCUT2D eigenvalue weighted by Crippen LogP contribution is -2.31. The van der Waals surface area contributed by atoms with Gasteiger partial charge >= 0.3 is 6.18 Å². The number of aromatic nitrogens is 1. The van der Waals surface area contributed by atoms with Gasteiger partial charge in [-0.15, -0.1) is 0 Å². The van der Waals surface area contributed by atoms with Gasteiger partial charge in [0.1, 0.15) is 11.8 Å². The minimum absolute atomic E-state index is 0.124. The van der Waals surface area contributed by atoms with Crippen LogP contribution >= 0.6 is 0 Å². The molecule has 4 nitrogen and oxygen atoms in total. The Bertz CT molecular complexity index is 1080. The van der Waals surface area contributed by atoms with Crippen LogP contribution in [-0.4, -0.2) is 17.6 Å². The molecule has 1 unspecified atom stereocenters. The standard InChI is InChI=1S/C23H21F3N2O2/c1-14-4-5-15(2)28(14)21-19-12-18(30-3)10-11-20(19)27(22(21)29)13-16-6-8-17(9-7-16)23(24,25)26/h4-12,21H,13H2,1-3H3. The van der Waals surface area contributed by atoms with Crippen molar-refractivity contribution in [1.82, 2.24) is 4.57 Å². The Morgan fingerprint density at radius 3 is 2.17 bits per heavy atom. The minimum atomic E-state index is -4.39. The number of anilines is 1. The fourth-order valence-corrected chi connectivity index (χ4v) is 4.01. The van der Waals surface area contributed by atoms with Gasteiger partial charge in [-0.05, 0) is 61.9 Å². The van der Waals surface area contributed by atoms with E-state index in [4.69, 9.17) is 4.74 Å². The van der Waals surface area contributed by atoms with Crippen LogP contribution in [0.2, 0.25) is 0 Å². The Hall–Kier alpha value is -3.22. The van der Waals surface area contributed by atoms with Crippen molar-refractivity contribution in [2.45, 2.75) is 32.6 Å². The third kappa shape index (κ3) is 3.34. The highest BCUT2D eigenvalue weighted by molar-refractivity contribution is 6.05. The molecule has 0 spiro atoms. The normalized spacial score (nSPS) is 16.1. The zero-order valence-electron chi connectivity index (χ0n) is 16.8. The van der Waals surface area contributed by atoms with Gasteiger partial charge in [0, 0.05) is 17.0 Å². The van der Waals surface area contributed by atoms with Gasteiger partial charge in [-0.1, -0.05) is 12.1 Å². The Balaban J connectivity index is 1.74. The summed E-state index contributed by atoms with van der Waals surface area (Å²) in [4.78, 5) is 15.1. The predicted molar refractivity (Wildman–Crippen MR) is 108 cm³/mol. The molecule has 1 aliphatic rings. The van der Waals surface area contributed by atoms with Gasteiger partial charge in [-0.25, -0.2) is 0 Å². The van der Waals surface area contributed by atoms with E-state index in [9.17, 15) is 18.0 Å². The number of halogens is 3. The second-order valence-electron chi connectivity index (χ2n) is 7.43. The Labute approximate surface area is 172 Å². The van der Waals surface area contributed by atoms with E-state index in [1.54, 1.807) is 18.1 Å². The van der Waals surface area contributed by atoms with Gasteiger partial charge in [-0.3, -0.25) is 4.79 Å².